The largest absolute Gasteiger partial charge is 0.206 e. The number of hydrogen-bond acceptors (Lipinski definition) is 0. The standard InChI is InChI=1S/C25H18F2/c1-17-4-6-20(7-5-17)8-11-22-12-9-21(16-19(22)3)10-13-23-24(26)14-18(2)15-25(23)27/h4-7,9,12,14-16H,1-3H3. The predicted molar refractivity (Wildman–Crippen MR) is 105 cm³/mol. The maximum absolute atomic E-state index is 13.9. The zero-order valence-electron chi connectivity index (χ0n) is 15.5. The Kier molecular flexibility index (Phi) is 5.39. The van der Waals surface area contributed by atoms with Crippen LogP contribution in [0.25, 0.3) is 0 Å². The first-order valence-electron chi connectivity index (χ1n) is 8.59. The van der Waals surface area contributed by atoms with Crippen LogP contribution in [0.5, 0.6) is 0 Å². The molecule has 3 aromatic carbocycles. The van der Waals surface area contributed by atoms with Crippen molar-refractivity contribution >= 4 is 0 Å². The number of aryl methyl sites for hydroxylation is 3. The SMILES string of the molecule is Cc1ccc(C#Cc2ccc(C#Cc3c(F)cc(C)cc3F)cc2C)cc1. The molecule has 0 radical (unpaired) electrons. The molecule has 0 unspecified atom stereocenters. The van der Waals surface area contributed by atoms with Crippen LogP contribution in [-0.2, 0) is 0 Å². The summed E-state index contributed by atoms with van der Waals surface area (Å²) in [6.07, 6.45) is 0. The molecule has 0 nitrogen and oxygen atoms in total. The van der Waals surface area contributed by atoms with Crippen LogP contribution in [-0.4, -0.2) is 0 Å². The van der Waals surface area contributed by atoms with Gasteiger partial charge in [-0.1, -0.05) is 41.4 Å². The summed E-state index contributed by atoms with van der Waals surface area (Å²) in [5.41, 5.74) is 5.02. The minimum Gasteiger partial charge on any atom is -0.206 e. The molecule has 0 aliphatic rings. The van der Waals surface area contributed by atoms with Gasteiger partial charge in [0.1, 0.15) is 11.6 Å². The molecule has 3 aromatic rings. The summed E-state index contributed by atoms with van der Waals surface area (Å²) < 4.78 is 27.8. The van der Waals surface area contributed by atoms with Crippen molar-refractivity contribution in [2.45, 2.75) is 20.8 Å². The van der Waals surface area contributed by atoms with Gasteiger partial charge in [-0.2, -0.15) is 0 Å². The molecule has 0 saturated heterocycles. The fourth-order valence-electron chi connectivity index (χ4n) is 2.61. The van der Waals surface area contributed by atoms with Crippen molar-refractivity contribution < 1.29 is 8.78 Å². The highest BCUT2D eigenvalue weighted by Gasteiger charge is 2.07. The highest BCUT2D eigenvalue weighted by molar-refractivity contribution is 5.51. The lowest BCUT2D eigenvalue weighted by atomic mass is 10.0. The van der Waals surface area contributed by atoms with E-state index >= 15 is 0 Å². The fourth-order valence-corrected chi connectivity index (χ4v) is 2.61. The van der Waals surface area contributed by atoms with Gasteiger partial charge in [0, 0.05) is 16.7 Å². The van der Waals surface area contributed by atoms with Crippen LogP contribution in [0.3, 0.4) is 0 Å². The summed E-state index contributed by atoms with van der Waals surface area (Å²) in [6.45, 7) is 5.62. The summed E-state index contributed by atoms with van der Waals surface area (Å²) in [6, 6.07) is 16.1. The minimum absolute atomic E-state index is 0.207. The number of benzene rings is 3. The smallest absolute Gasteiger partial charge is 0.142 e. The average molecular weight is 356 g/mol. The highest BCUT2D eigenvalue weighted by Crippen LogP contribution is 2.15. The van der Waals surface area contributed by atoms with Crippen LogP contribution in [0.15, 0.2) is 54.6 Å². The van der Waals surface area contributed by atoms with E-state index in [1.807, 2.05) is 56.3 Å². The third-order valence-electron chi connectivity index (χ3n) is 4.14. The molecule has 0 heterocycles. The van der Waals surface area contributed by atoms with Crippen LogP contribution < -0.4 is 0 Å². The zero-order chi connectivity index (χ0) is 19.4. The maximum atomic E-state index is 13.9. The molecule has 0 aliphatic carbocycles. The second-order valence-electron chi connectivity index (χ2n) is 6.50. The third-order valence-corrected chi connectivity index (χ3v) is 4.14. The van der Waals surface area contributed by atoms with Gasteiger partial charge in [-0.3, -0.25) is 0 Å². The first-order chi connectivity index (χ1) is 12.9. The molecule has 0 atom stereocenters. The van der Waals surface area contributed by atoms with Gasteiger partial charge in [-0.05, 0) is 74.4 Å². The molecular weight excluding hydrogens is 338 g/mol. The highest BCUT2D eigenvalue weighted by atomic mass is 19.1. The summed E-state index contributed by atoms with van der Waals surface area (Å²) in [5.74, 6) is 10.4. The van der Waals surface area contributed by atoms with Gasteiger partial charge in [0.05, 0.1) is 5.56 Å². The molecule has 27 heavy (non-hydrogen) atoms. The quantitative estimate of drug-likeness (QED) is 0.454. The van der Waals surface area contributed by atoms with Gasteiger partial charge in [-0.15, -0.1) is 0 Å². The van der Waals surface area contributed by atoms with Crippen molar-refractivity contribution in [1.82, 2.24) is 0 Å². The monoisotopic (exact) mass is 356 g/mol. The van der Waals surface area contributed by atoms with Crippen molar-refractivity contribution in [1.29, 1.82) is 0 Å². The van der Waals surface area contributed by atoms with Gasteiger partial charge >= 0.3 is 0 Å². The van der Waals surface area contributed by atoms with Crippen LogP contribution in [0.2, 0.25) is 0 Å². The molecule has 0 aliphatic heterocycles. The molecule has 0 spiro atoms. The fraction of sp³-hybridized carbons (Fsp3) is 0.120. The van der Waals surface area contributed by atoms with Gasteiger partial charge < -0.3 is 0 Å². The second-order valence-corrected chi connectivity index (χ2v) is 6.50. The third kappa shape index (κ3) is 4.63. The minimum atomic E-state index is -0.641. The van der Waals surface area contributed by atoms with Crippen LogP contribution in [0, 0.1) is 56.1 Å². The van der Waals surface area contributed by atoms with E-state index in [9.17, 15) is 8.78 Å². The van der Waals surface area contributed by atoms with Crippen molar-refractivity contribution in [2.24, 2.45) is 0 Å². The van der Waals surface area contributed by atoms with Crippen LogP contribution in [0.1, 0.15) is 38.9 Å². The summed E-state index contributed by atoms with van der Waals surface area (Å²) in [7, 11) is 0. The van der Waals surface area contributed by atoms with E-state index in [1.165, 1.54) is 17.7 Å². The van der Waals surface area contributed by atoms with Crippen molar-refractivity contribution in [3.8, 4) is 23.7 Å². The topological polar surface area (TPSA) is 0 Å². The number of halogens is 2. The van der Waals surface area contributed by atoms with E-state index < -0.39 is 11.6 Å². The Morgan fingerprint density at radius 3 is 1.81 bits per heavy atom. The first kappa shape index (κ1) is 18.4. The van der Waals surface area contributed by atoms with Gasteiger partial charge in [0.25, 0.3) is 0 Å². The summed E-state index contributed by atoms with van der Waals surface area (Å²) in [5, 5.41) is 0. The Morgan fingerprint density at radius 1 is 0.593 bits per heavy atom. The van der Waals surface area contributed by atoms with Gasteiger partial charge in [0.15, 0.2) is 0 Å². The Morgan fingerprint density at radius 2 is 1.19 bits per heavy atom. The van der Waals surface area contributed by atoms with Crippen LogP contribution >= 0.6 is 0 Å². The molecule has 0 fully saturated rings. The molecule has 132 valence electrons. The molecule has 0 amide bonds. The Hall–Kier alpha value is -3.36. The molecule has 2 heteroatoms. The second kappa shape index (κ2) is 7.90. The lowest BCUT2D eigenvalue weighted by molar-refractivity contribution is 0.575. The molecule has 0 bridgehead atoms. The molecule has 0 N–H and O–H groups in total. The van der Waals surface area contributed by atoms with Crippen LogP contribution in [0.4, 0.5) is 8.78 Å². The lowest BCUT2D eigenvalue weighted by Crippen LogP contribution is -1.92. The molecule has 0 aromatic heterocycles. The lowest BCUT2D eigenvalue weighted by Gasteiger charge is -2.00. The van der Waals surface area contributed by atoms with E-state index in [1.54, 1.807) is 6.92 Å². The van der Waals surface area contributed by atoms with E-state index in [0.717, 1.165) is 16.7 Å². The number of hydrogen-bond donors (Lipinski definition) is 0. The van der Waals surface area contributed by atoms with E-state index in [2.05, 4.69) is 23.7 Å². The predicted octanol–water partition coefficient (Wildman–Crippen LogP) is 5.69. The van der Waals surface area contributed by atoms with Gasteiger partial charge in [-0.25, -0.2) is 8.78 Å². The van der Waals surface area contributed by atoms with Crippen molar-refractivity contribution in [2.75, 3.05) is 0 Å². The van der Waals surface area contributed by atoms with E-state index in [0.29, 0.717) is 11.1 Å². The molecular formula is C25H18F2. The Labute approximate surface area is 158 Å². The summed E-state index contributed by atoms with van der Waals surface area (Å²) in [4.78, 5) is 0. The molecule has 3 rings (SSSR count). The molecule has 0 saturated carbocycles. The van der Waals surface area contributed by atoms with Crippen molar-refractivity contribution in [3.63, 3.8) is 0 Å². The van der Waals surface area contributed by atoms with E-state index in [4.69, 9.17) is 0 Å². The maximum Gasteiger partial charge on any atom is 0.142 e. The average Bonchev–Trinajstić information content (AvgIpc) is 2.61. The number of rotatable bonds is 0. The first-order valence-corrected chi connectivity index (χ1v) is 8.59. The van der Waals surface area contributed by atoms with Crippen molar-refractivity contribution in [3.05, 3.63) is 105 Å². The summed E-state index contributed by atoms with van der Waals surface area (Å²) >= 11 is 0. The zero-order valence-corrected chi connectivity index (χ0v) is 15.5. The Bertz CT molecular complexity index is 1090. The normalized spacial score (nSPS) is 9.81. The van der Waals surface area contributed by atoms with E-state index in [-0.39, 0.29) is 5.56 Å². The Balaban J connectivity index is 1.86. The van der Waals surface area contributed by atoms with Gasteiger partial charge in [0.2, 0.25) is 0 Å².